The van der Waals surface area contributed by atoms with Crippen molar-refractivity contribution in [2.75, 3.05) is 26.7 Å². The molecule has 0 atom stereocenters. The largest absolute Gasteiger partial charge is 0.395 e. The van der Waals surface area contributed by atoms with E-state index in [0.29, 0.717) is 11.9 Å². The average Bonchev–Trinajstić information content (AvgIpc) is 2.71. The lowest BCUT2D eigenvalue weighted by atomic mass is 10.1. The third kappa shape index (κ3) is 2.65. The maximum atomic E-state index is 13.7. The zero-order valence-corrected chi connectivity index (χ0v) is 9.91. The summed E-state index contributed by atoms with van der Waals surface area (Å²) in [5, 5.41) is 9.49. The van der Waals surface area contributed by atoms with Gasteiger partial charge in [-0.2, -0.15) is 0 Å². The highest BCUT2D eigenvalue weighted by Gasteiger charge is 2.08. The van der Waals surface area contributed by atoms with E-state index < -0.39 is 0 Å². The van der Waals surface area contributed by atoms with Crippen molar-refractivity contribution in [2.24, 2.45) is 0 Å². The molecule has 0 radical (unpaired) electrons. The van der Waals surface area contributed by atoms with Crippen LogP contribution in [0.15, 0.2) is 24.4 Å². The fourth-order valence-electron chi connectivity index (χ4n) is 2.00. The smallest absolute Gasteiger partial charge is 0.132 e. The number of nitrogens with one attached hydrogen (secondary N) is 1. The van der Waals surface area contributed by atoms with Crippen LogP contribution in [0.2, 0.25) is 0 Å². The highest BCUT2D eigenvalue weighted by atomic mass is 19.1. The van der Waals surface area contributed by atoms with Crippen molar-refractivity contribution < 1.29 is 9.50 Å². The van der Waals surface area contributed by atoms with Crippen LogP contribution in [0.3, 0.4) is 0 Å². The predicted molar refractivity (Wildman–Crippen MR) is 66.5 cm³/mol. The first-order valence-corrected chi connectivity index (χ1v) is 5.76. The van der Waals surface area contributed by atoms with Crippen LogP contribution in [-0.4, -0.2) is 41.7 Å². The molecule has 0 saturated heterocycles. The highest BCUT2D eigenvalue weighted by molar-refractivity contribution is 5.83. The van der Waals surface area contributed by atoms with Crippen molar-refractivity contribution in [1.82, 2.24) is 9.88 Å². The lowest BCUT2D eigenvalue weighted by molar-refractivity contribution is 0.223. The Bertz CT molecular complexity index is 495. The van der Waals surface area contributed by atoms with Crippen molar-refractivity contribution >= 4 is 10.9 Å². The molecular weight excluding hydrogens is 219 g/mol. The molecule has 3 nitrogen and oxygen atoms in total. The molecule has 1 aromatic heterocycles. The number of likely N-dealkylation sites (N-methyl/N-ethyl adjacent to an activating group) is 1. The van der Waals surface area contributed by atoms with E-state index in [1.807, 2.05) is 24.2 Å². The van der Waals surface area contributed by atoms with Gasteiger partial charge in [-0.1, -0.05) is 6.07 Å². The first-order valence-electron chi connectivity index (χ1n) is 5.76. The van der Waals surface area contributed by atoms with Crippen LogP contribution in [0.25, 0.3) is 10.9 Å². The van der Waals surface area contributed by atoms with E-state index in [1.54, 1.807) is 6.07 Å². The lowest BCUT2D eigenvalue weighted by Gasteiger charge is -2.14. The summed E-state index contributed by atoms with van der Waals surface area (Å²) in [5.41, 5.74) is 1.83. The zero-order chi connectivity index (χ0) is 12.3. The van der Waals surface area contributed by atoms with Gasteiger partial charge >= 0.3 is 0 Å². The zero-order valence-electron chi connectivity index (χ0n) is 9.91. The standard InChI is InChI=1S/C13H17FN2O/c1-16(7-8-17)6-5-10-9-15-12-4-2-3-11(14)13(10)12/h2-4,9,15,17H,5-8H2,1H3. The molecule has 2 rings (SSSR count). The van der Waals surface area contributed by atoms with E-state index in [9.17, 15) is 4.39 Å². The molecule has 1 heterocycles. The number of aliphatic hydroxyl groups is 1. The Hall–Kier alpha value is -1.39. The van der Waals surface area contributed by atoms with Crippen LogP contribution in [0.1, 0.15) is 5.56 Å². The molecule has 0 unspecified atom stereocenters. The Kier molecular flexibility index (Phi) is 3.76. The minimum Gasteiger partial charge on any atom is -0.395 e. The monoisotopic (exact) mass is 236 g/mol. The van der Waals surface area contributed by atoms with Crippen molar-refractivity contribution in [2.45, 2.75) is 6.42 Å². The first kappa shape index (κ1) is 12.1. The van der Waals surface area contributed by atoms with E-state index in [1.165, 1.54) is 6.07 Å². The number of nitrogens with zero attached hydrogens (tertiary/aromatic N) is 1. The van der Waals surface area contributed by atoms with Crippen LogP contribution >= 0.6 is 0 Å². The summed E-state index contributed by atoms with van der Waals surface area (Å²) in [5.74, 6) is -0.177. The molecule has 4 heteroatoms. The number of fused-ring (bicyclic) bond motifs is 1. The lowest BCUT2D eigenvalue weighted by Crippen LogP contribution is -2.24. The number of rotatable bonds is 5. The normalized spacial score (nSPS) is 11.5. The third-order valence-corrected chi connectivity index (χ3v) is 2.98. The number of H-pyrrole nitrogens is 1. The van der Waals surface area contributed by atoms with Gasteiger partial charge in [0.05, 0.1) is 6.61 Å². The van der Waals surface area contributed by atoms with Gasteiger partial charge in [0.25, 0.3) is 0 Å². The summed E-state index contributed by atoms with van der Waals surface area (Å²) in [6, 6.07) is 5.06. The minimum absolute atomic E-state index is 0.152. The van der Waals surface area contributed by atoms with Gasteiger partial charge in [0.2, 0.25) is 0 Å². The van der Waals surface area contributed by atoms with Crippen LogP contribution < -0.4 is 0 Å². The molecule has 0 fully saturated rings. The van der Waals surface area contributed by atoms with E-state index in [2.05, 4.69) is 4.98 Å². The van der Waals surface area contributed by atoms with Crippen LogP contribution in [0.5, 0.6) is 0 Å². The van der Waals surface area contributed by atoms with Crippen molar-refractivity contribution in [3.8, 4) is 0 Å². The second-order valence-corrected chi connectivity index (χ2v) is 4.25. The summed E-state index contributed by atoms with van der Waals surface area (Å²) in [6.07, 6.45) is 2.64. The Morgan fingerprint density at radius 1 is 1.35 bits per heavy atom. The maximum absolute atomic E-state index is 13.7. The number of halogens is 1. The molecular formula is C13H17FN2O. The Morgan fingerprint density at radius 3 is 2.94 bits per heavy atom. The Labute approximate surface area is 99.9 Å². The Morgan fingerprint density at radius 2 is 2.18 bits per heavy atom. The molecule has 0 amide bonds. The van der Waals surface area contributed by atoms with Crippen LogP contribution in [0.4, 0.5) is 4.39 Å². The molecule has 0 aliphatic carbocycles. The van der Waals surface area contributed by atoms with E-state index in [0.717, 1.165) is 24.0 Å². The summed E-state index contributed by atoms with van der Waals surface area (Å²) < 4.78 is 13.7. The van der Waals surface area contributed by atoms with Crippen molar-refractivity contribution in [1.29, 1.82) is 0 Å². The predicted octanol–water partition coefficient (Wildman–Crippen LogP) is 1.77. The average molecular weight is 236 g/mol. The molecule has 0 spiro atoms. The molecule has 92 valence electrons. The van der Waals surface area contributed by atoms with Gasteiger partial charge in [0.1, 0.15) is 5.82 Å². The highest BCUT2D eigenvalue weighted by Crippen LogP contribution is 2.21. The van der Waals surface area contributed by atoms with Crippen molar-refractivity contribution in [3.05, 3.63) is 35.8 Å². The summed E-state index contributed by atoms with van der Waals surface area (Å²) >= 11 is 0. The minimum atomic E-state index is -0.177. The molecule has 0 saturated carbocycles. The second-order valence-electron chi connectivity index (χ2n) is 4.25. The SMILES string of the molecule is CN(CCO)CCc1c[nH]c2cccc(F)c12. The number of aromatic nitrogens is 1. The maximum Gasteiger partial charge on any atom is 0.132 e. The van der Waals surface area contributed by atoms with Crippen LogP contribution in [-0.2, 0) is 6.42 Å². The third-order valence-electron chi connectivity index (χ3n) is 2.98. The van der Waals surface area contributed by atoms with Crippen molar-refractivity contribution in [3.63, 3.8) is 0 Å². The van der Waals surface area contributed by atoms with Gasteiger partial charge in [-0.15, -0.1) is 0 Å². The summed E-state index contributed by atoms with van der Waals surface area (Å²) in [7, 11) is 1.95. The van der Waals surface area contributed by atoms with Gasteiger partial charge in [-0.25, -0.2) is 4.39 Å². The number of benzene rings is 1. The second kappa shape index (κ2) is 5.29. The Balaban J connectivity index is 2.14. The number of aliphatic hydroxyl groups excluding tert-OH is 1. The topological polar surface area (TPSA) is 39.3 Å². The van der Waals surface area contributed by atoms with E-state index >= 15 is 0 Å². The number of hydrogen-bond acceptors (Lipinski definition) is 2. The summed E-state index contributed by atoms with van der Waals surface area (Å²) in [4.78, 5) is 5.10. The quantitative estimate of drug-likeness (QED) is 0.830. The first-order chi connectivity index (χ1) is 8.22. The number of aromatic amines is 1. The van der Waals surface area contributed by atoms with Gasteiger partial charge in [0, 0.05) is 30.2 Å². The molecule has 2 aromatic rings. The molecule has 1 aromatic carbocycles. The fourth-order valence-corrected chi connectivity index (χ4v) is 2.00. The van der Waals surface area contributed by atoms with Gasteiger partial charge < -0.3 is 15.0 Å². The van der Waals surface area contributed by atoms with E-state index in [4.69, 9.17) is 5.11 Å². The molecule has 17 heavy (non-hydrogen) atoms. The van der Waals surface area contributed by atoms with E-state index in [-0.39, 0.29) is 12.4 Å². The molecule has 0 bridgehead atoms. The van der Waals surface area contributed by atoms with Gasteiger partial charge in [-0.05, 0) is 31.2 Å². The van der Waals surface area contributed by atoms with Gasteiger partial charge in [-0.3, -0.25) is 0 Å². The number of hydrogen-bond donors (Lipinski definition) is 2. The fraction of sp³-hybridized carbons (Fsp3) is 0.385. The molecule has 2 N–H and O–H groups in total. The molecule has 0 aliphatic rings. The van der Waals surface area contributed by atoms with Crippen LogP contribution in [0, 0.1) is 5.82 Å². The van der Waals surface area contributed by atoms with Gasteiger partial charge in [0.15, 0.2) is 0 Å². The molecule has 0 aliphatic heterocycles. The summed E-state index contributed by atoms with van der Waals surface area (Å²) in [6.45, 7) is 1.60.